The molecular formula is C27H29N3O2S. The van der Waals surface area contributed by atoms with Gasteiger partial charge in [0, 0.05) is 17.5 Å². The monoisotopic (exact) mass is 459 g/mol. The molecule has 0 radical (unpaired) electrons. The molecule has 3 rings (SSSR count). The highest BCUT2D eigenvalue weighted by Gasteiger charge is 2.12. The van der Waals surface area contributed by atoms with Crippen LogP contribution in [-0.4, -0.2) is 17.5 Å². The average molecular weight is 460 g/mol. The number of unbranched alkanes of at least 4 members (excludes halogenated alkanes) is 3. The molecule has 0 atom stereocenters. The van der Waals surface area contributed by atoms with E-state index in [1.807, 2.05) is 30.3 Å². The quantitative estimate of drug-likeness (QED) is 0.200. The molecule has 1 N–H and O–H groups in total. The summed E-state index contributed by atoms with van der Waals surface area (Å²) in [6.07, 6.45) is 8.72. The Morgan fingerprint density at radius 1 is 1.12 bits per heavy atom. The molecule has 1 amide bonds. The lowest BCUT2D eigenvalue weighted by Crippen LogP contribution is -2.13. The molecule has 0 aliphatic rings. The molecule has 3 aromatic rings. The Morgan fingerprint density at radius 3 is 2.58 bits per heavy atom. The molecule has 2 aromatic carbocycles. The molecule has 0 bridgehead atoms. The van der Waals surface area contributed by atoms with Gasteiger partial charge in [0.05, 0.1) is 6.61 Å². The molecular weight excluding hydrogens is 430 g/mol. The molecule has 0 aliphatic heterocycles. The van der Waals surface area contributed by atoms with Crippen molar-refractivity contribution in [3.8, 4) is 11.8 Å². The summed E-state index contributed by atoms with van der Waals surface area (Å²) in [4.78, 5) is 17.9. The Bertz CT molecular complexity index is 1110. The standard InChI is InChI=1S/C27H29N3O2S/c1-3-4-5-6-15-32-24-13-11-21(12-14-24)16-23(18-28)26(31)30-27-29-19-25(33-27)17-22-9-7-20(2)8-10-22/h7-14,16,19H,3-6,15,17H2,1-2H3,(H,29,30,31). The minimum absolute atomic E-state index is 0.0264. The highest BCUT2D eigenvalue weighted by Crippen LogP contribution is 2.22. The van der Waals surface area contributed by atoms with Crippen molar-refractivity contribution in [1.29, 1.82) is 5.26 Å². The van der Waals surface area contributed by atoms with E-state index in [4.69, 9.17) is 4.74 Å². The minimum Gasteiger partial charge on any atom is -0.494 e. The van der Waals surface area contributed by atoms with E-state index in [1.165, 1.54) is 41.7 Å². The van der Waals surface area contributed by atoms with E-state index in [0.29, 0.717) is 11.7 Å². The summed E-state index contributed by atoms with van der Waals surface area (Å²) in [5.74, 6) is 0.320. The van der Waals surface area contributed by atoms with Crippen molar-refractivity contribution in [3.63, 3.8) is 0 Å². The lowest BCUT2D eigenvalue weighted by atomic mass is 10.1. The summed E-state index contributed by atoms with van der Waals surface area (Å²) in [6.45, 7) is 4.94. The smallest absolute Gasteiger partial charge is 0.268 e. The molecule has 5 nitrogen and oxygen atoms in total. The first-order valence-electron chi connectivity index (χ1n) is 11.2. The summed E-state index contributed by atoms with van der Waals surface area (Å²) < 4.78 is 5.74. The molecule has 6 heteroatoms. The predicted molar refractivity (Wildman–Crippen MR) is 134 cm³/mol. The molecule has 0 spiro atoms. The first-order valence-corrected chi connectivity index (χ1v) is 12.1. The van der Waals surface area contributed by atoms with Gasteiger partial charge >= 0.3 is 0 Å². The number of aryl methyl sites for hydroxylation is 1. The van der Waals surface area contributed by atoms with Gasteiger partial charge in [0.1, 0.15) is 17.4 Å². The highest BCUT2D eigenvalue weighted by atomic mass is 32.1. The molecule has 0 unspecified atom stereocenters. The number of nitrogens with zero attached hydrogens (tertiary/aromatic N) is 2. The van der Waals surface area contributed by atoms with E-state index in [0.717, 1.165) is 29.0 Å². The molecule has 0 fully saturated rings. The lowest BCUT2D eigenvalue weighted by Gasteiger charge is -2.06. The topological polar surface area (TPSA) is 75.0 Å². The maximum atomic E-state index is 12.6. The molecule has 33 heavy (non-hydrogen) atoms. The van der Waals surface area contributed by atoms with E-state index in [-0.39, 0.29) is 5.57 Å². The number of nitrogens with one attached hydrogen (secondary N) is 1. The third kappa shape index (κ3) is 7.89. The predicted octanol–water partition coefficient (Wildman–Crippen LogP) is 6.55. The second-order valence-corrected chi connectivity index (χ2v) is 9.01. The second kappa shape index (κ2) is 12.6. The molecule has 1 heterocycles. The Kier molecular flexibility index (Phi) is 9.22. The number of nitriles is 1. The van der Waals surface area contributed by atoms with Gasteiger partial charge in [0.2, 0.25) is 0 Å². The first-order chi connectivity index (χ1) is 16.1. The summed E-state index contributed by atoms with van der Waals surface area (Å²) in [5, 5.41) is 12.7. The largest absolute Gasteiger partial charge is 0.494 e. The van der Waals surface area contributed by atoms with Gasteiger partial charge in [0.15, 0.2) is 5.13 Å². The normalized spacial score (nSPS) is 11.1. The van der Waals surface area contributed by atoms with Crippen LogP contribution in [0.25, 0.3) is 6.08 Å². The van der Waals surface area contributed by atoms with Crippen LogP contribution in [0.5, 0.6) is 5.75 Å². The number of aromatic nitrogens is 1. The number of benzene rings is 2. The van der Waals surface area contributed by atoms with Crippen molar-refractivity contribution in [2.45, 2.75) is 46.0 Å². The Hall–Kier alpha value is -3.43. The average Bonchev–Trinajstić information content (AvgIpc) is 3.26. The van der Waals surface area contributed by atoms with Crippen LogP contribution in [0.3, 0.4) is 0 Å². The minimum atomic E-state index is -0.468. The van der Waals surface area contributed by atoms with Gasteiger partial charge < -0.3 is 4.74 Å². The third-order valence-corrected chi connectivity index (χ3v) is 6.01. The van der Waals surface area contributed by atoms with Gasteiger partial charge in [-0.15, -0.1) is 11.3 Å². The van der Waals surface area contributed by atoms with E-state index in [2.05, 4.69) is 48.4 Å². The van der Waals surface area contributed by atoms with Crippen molar-refractivity contribution in [1.82, 2.24) is 4.98 Å². The first kappa shape index (κ1) is 24.2. The highest BCUT2D eigenvalue weighted by molar-refractivity contribution is 7.15. The fourth-order valence-corrected chi connectivity index (χ4v) is 4.05. The van der Waals surface area contributed by atoms with E-state index in [9.17, 15) is 10.1 Å². The summed E-state index contributed by atoms with van der Waals surface area (Å²) in [6, 6.07) is 17.7. The number of hydrogen-bond donors (Lipinski definition) is 1. The van der Waals surface area contributed by atoms with Crippen molar-refractivity contribution in [2.24, 2.45) is 0 Å². The Balaban J connectivity index is 1.56. The van der Waals surface area contributed by atoms with Gasteiger partial charge in [-0.05, 0) is 42.7 Å². The van der Waals surface area contributed by atoms with Crippen LogP contribution in [-0.2, 0) is 11.2 Å². The number of anilines is 1. The van der Waals surface area contributed by atoms with Crippen LogP contribution in [0.2, 0.25) is 0 Å². The fourth-order valence-electron chi connectivity index (χ4n) is 3.21. The zero-order valence-electron chi connectivity index (χ0n) is 19.1. The SMILES string of the molecule is CCCCCCOc1ccc(C=C(C#N)C(=O)Nc2ncc(Cc3ccc(C)cc3)s2)cc1. The van der Waals surface area contributed by atoms with Gasteiger partial charge in [0.25, 0.3) is 5.91 Å². The van der Waals surface area contributed by atoms with E-state index < -0.39 is 5.91 Å². The molecule has 170 valence electrons. The van der Waals surface area contributed by atoms with Crippen LogP contribution in [0, 0.1) is 18.3 Å². The van der Waals surface area contributed by atoms with Gasteiger partial charge in [-0.25, -0.2) is 4.98 Å². The number of thiazole rings is 1. The number of rotatable bonds is 11. The molecule has 0 saturated heterocycles. The second-order valence-electron chi connectivity index (χ2n) is 7.90. The van der Waals surface area contributed by atoms with Gasteiger partial charge in [-0.1, -0.05) is 68.1 Å². The van der Waals surface area contributed by atoms with Crippen LogP contribution < -0.4 is 10.1 Å². The lowest BCUT2D eigenvalue weighted by molar-refractivity contribution is -0.112. The van der Waals surface area contributed by atoms with Crippen LogP contribution in [0.4, 0.5) is 5.13 Å². The molecule has 0 saturated carbocycles. The van der Waals surface area contributed by atoms with Crippen molar-refractivity contribution in [3.05, 3.63) is 81.9 Å². The maximum Gasteiger partial charge on any atom is 0.268 e. The summed E-state index contributed by atoms with van der Waals surface area (Å²) in [7, 11) is 0. The zero-order chi connectivity index (χ0) is 23.5. The van der Waals surface area contributed by atoms with Crippen molar-refractivity contribution < 1.29 is 9.53 Å². The maximum absolute atomic E-state index is 12.6. The number of hydrogen-bond acceptors (Lipinski definition) is 5. The molecule has 1 aromatic heterocycles. The third-order valence-electron chi connectivity index (χ3n) is 5.10. The van der Waals surface area contributed by atoms with Crippen molar-refractivity contribution >= 4 is 28.5 Å². The zero-order valence-corrected chi connectivity index (χ0v) is 20.0. The van der Waals surface area contributed by atoms with Crippen LogP contribution in [0.15, 0.2) is 60.3 Å². The van der Waals surface area contributed by atoms with Gasteiger partial charge in [-0.2, -0.15) is 5.26 Å². The number of carbonyl (C=O) groups excluding carboxylic acids is 1. The Morgan fingerprint density at radius 2 is 1.88 bits per heavy atom. The van der Waals surface area contributed by atoms with Crippen LogP contribution >= 0.6 is 11.3 Å². The van der Waals surface area contributed by atoms with Crippen molar-refractivity contribution in [2.75, 3.05) is 11.9 Å². The van der Waals surface area contributed by atoms with Gasteiger partial charge in [-0.3, -0.25) is 10.1 Å². The van der Waals surface area contributed by atoms with E-state index >= 15 is 0 Å². The summed E-state index contributed by atoms with van der Waals surface area (Å²) in [5.41, 5.74) is 3.20. The number of amides is 1. The summed E-state index contributed by atoms with van der Waals surface area (Å²) >= 11 is 1.41. The van der Waals surface area contributed by atoms with E-state index in [1.54, 1.807) is 12.3 Å². The van der Waals surface area contributed by atoms with Crippen LogP contribution in [0.1, 0.15) is 54.2 Å². The number of ether oxygens (including phenoxy) is 1. The fraction of sp³-hybridized carbons (Fsp3) is 0.296. The Labute approximate surface area is 199 Å². The number of carbonyl (C=O) groups is 1. The molecule has 0 aliphatic carbocycles.